The van der Waals surface area contributed by atoms with E-state index in [1.165, 1.54) is 6.07 Å². The van der Waals surface area contributed by atoms with Crippen LogP contribution < -0.4 is 11.1 Å². The minimum Gasteiger partial charge on any atom is -0.399 e. The number of anilines is 1. The largest absolute Gasteiger partial charge is 0.407 e. The molecule has 0 radical (unpaired) electrons. The molecule has 1 heterocycles. The molecule has 5 heteroatoms. The van der Waals surface area contributed by atoms with Crippen LogP contribution in [-0.2, 0) is 6.54 Å². The van der Waals surface area contributed by atoms with Gasteiger partial charge >= 0.3 is 6.18 Å². The van der Waals surface area contributed by atoms with Gasteiger partial charge in [-0.05, 0) is 23.3 Å². The number of nitrogen functional groups attached to an aromatic ring is 1. The number of alkyl halides is 3. The van der Waals surface area contributed by atoms with Gasteiger partial charge in [-0.2, -0.15) is 13.2 Å². The molecule has 0 bridgehead atoms. The number of rotatable bonds is 0. The van der Waals surface area contributed by atoms with Crippen molar-refractivity contribution in [3.63, 3.8) is 0 Å². The molecule has 0 unspecified atom stereocenters. The highest BCUT2D eigenvalue weighted by molar-refractivity contribution is 5.48. The van der Waals surface area contributed by atoms with E-state index in [-0.39, 0.29) is 12.1 Å². The van der Waals surface area contributed by atoms with Crippen LogP contribution in [-0.4, -0.2) is 6.18 Å². The normalized spacial score (nSPS) is 20.9. The summed E-state index contributed by atoms with van der Waals surface area (Å²) < 4.78 is 37.4. The third kappa shape index (κ3) is 1.43. The Morgan fingerprint density at radius 3 is 2.71 bits per heavy atom. The Hall–Kier alpha value is -1.23. The van der Waals surface area contributed by atoms with Crippen molar-refractivity contribution in [3.05, 3.63) is 29.3 Å². The second-order valence-electron chi connectivity index (χ2n) is 3.31. The number of nitrogens with two attached hydrogens (primary N) is 1. The monoisotopic (exact) mass is 202 g/mol. The van der Waals surface area contributed by atoms with E-state index in [1.54, 1.807) is 12.1 Å². The standard InChI is InChI=1S/C9H9F3N2/c10-9(11,12)8-7-3-6(13)2-1-5(7)4-14-8/h1-3,8,14H,4,13H2/t8-/m1/s1. The molecular formula is C9H9F3N2. The van der Waals surface area contributed by atoms with Gasteiger partial charge in [0, 0.05) is 12.2 Å². The van der Waals surface area contributed by atoms with Crippen LogP contribution in [0.1, 0.15) is 17.2 Å². The van der Waals surface area contributed by atoms with Crippen molar-refractivity contribution in [2.75, 3.05) is 5.73 Å². The molecule has 0 aromatic heterocycles. The number of hydrogen-bond donors (Lipinski definition) is 2. The fraction of sp³-hybridized carbons (Fsp3) is 0.333. The SMILES string of the molecule is Nc1ccc2c(c1)[C@H](C(F)(F)F)NC2. The van der Waals surface area contributed by atoms with Gasteiger partial charge in [-0.25, -0.2) is 0 Å². The second-order valence-corrected chi connectivity index (χ2v) is 3.31. The first-order valence-corrected chi connectivity index (χ1v) is 4.17. The Balaban J connectivity index is 2.43. The number of nitrogens with one attached hydrogen (secondary N) is 1. The Morgan fingerprint density at radius 2 is 2.07 bits per heavy atom. The number of hydrogen-bond acceptors (Lipinski definition) is 2. The van der Waals surface area contributed by atoms with Crippen LogP contribution in [0, 0.1) is 0 Å². The van der Waals surface area contributed by atoms with Gasteiger partial charge in [-0.1, -0.05) is 6.07 Å². The van der Waals surface area contributed by atoms with Gasteiger partial charge in [0.2, 0.25) is 0 Å². The molecule has 0 saturated heterocycles. The van der Waals surface area contributed by atoms with Gasteiger partial charge in [0.25, 0.3) is 0 Å². The molecular weight excluding hydrogens is 193 g/mol. The lowest BCUT2D eigenvalue weighted by atomic mass is 10.0. The number of benzene rings is 1. The van der Waals surface area contributed by atoms with E-state index in [0.29, 0.717) is 11.3 Å². The smallest absolute Gasteiger partial charge is 0.399 e. The molecule has 1 aliphatic rings. The fourth-order valence-corrected chi connectivity index (χ4v) is 1.66. The van der Waals surface area contributed by atoms with Crippen molar-refractivity contribution >= 4 is 5.69 Å². The van der Waals surface area contributed by atoms with Gasteiger partial charge in [0.1, 0.15) is 6.04 Å². The van der Waals surface area contributed by atoms with E-state index in [0.717, 1.165) is 0 Å². The van der Waals surface area contributed by atoms with Gasteiger partial charge in [0.15, 0.2) is 0 Å². The van der Waals surface area contributed by atoms with Crippen LogP contribution in [0.25, 0.3) is 0 Å². The maximum absolute atomic E-state index is 12.5. The van der Waals surface area contributed by atoms with Crippen molar-refractivity contribution in [2.24, 2.45) is 0 Å². The average molecular weight is 202 g/mol. The first-order valence-electron chi connectivity index (χ1n) is 4.17. The molecule has 0 fully saturated rings. The third-order valence-electron chi connectivity index (χ3n) is 2.30. The Kier molecular flexibility index (Phi) is 1.92. The first kappa shape index (κ1) is 9.33. The van der Waals surface area contributed by atoms with E-state index >= 15 is 0 Å². The zero-order chi connectivity index (χ0) is 10.3. The maximum Gasteiger partial charge on any atom is 0.407 e. The van der Waals surface area contributed by atoms with Gasteiger partial charge in [0.05, 0.1) is 0 Å². The Morgan fingerprint density at radius 1 is 1.36 bits per heavy atom. The Labute approximate surface area is 78.9 Å². The minimum atomic E-state index is -4.25. The van der Waals surface area contributed by atoms with Gasteiger partial charge in [-0.15, -0.1) is 0 Å². The van der Waals surface area contributed by atoms with Crippen LogP contribution in [0.15, 0.2) is 18.2 Å². The summed E-state index contributed by atoms with van der Waals surface area (Å²) in [6.45, 7) is 0.250. The summed E-state index contributed by atoms with van der Waals surface area (Å²) in [7, 11) is 0. The molecule has 2 nitrogen and oxygen atoms in total. The zero-order valence-corrected chi connectivity index (χ0v) is 7.23. The summed E-state index contributed by atoms with van der Waals surface area (Å²) in [4.78, 5) is 0. The summed E-state index contributed by atoms with van der Waals surface area (Å²) in [5.74, 6) is 0. The van der Waals surface area contributed by atoms with Crippen LogP contribution in [0.3, 0.4) is 0 Å². The molecule has 0 amide bonds. The summed E-state index contributed by atoms with van der Waals surface area (Å²) in [5, 5.41) is 2.41. The molecule has 0 aliphatic carbocycles. The molecule has 1 aromatic carbocycles. The van der Waals surface area contributed by atoms with E-state index in [4.69, 9.17) is 5.73 Å². The lowest BCUT2D eigenvalue weighted by Gasteiger charge is -2.16. The van der Waals surface area contributed by atoms with Crippen molar-refractivity contribution in [3.8, 4) is 0 Å². The molecule has 3 N–H and O–H groups in total. The fourth-order valence-electron chi connectivity index (χ4n) is 1.66. The van der Waals surface area contributed by atoms with Crippen molar-refractivity contribution in [2.45, 2.75) is 18.8 Å². The summed E-state index contributed by atoms with van der Waals surface area (Å²) in [6.07, 6.45) is -4.25. The van der Waals surface area contributed by atoms with Crippen molar-refractivity contribution in [1.29, 1.82) is 0 Å². The molecule has 1 atom stereocenters. The highest BCUT2D eigenvalue weighted by Gasteiger charge is 2.44. The second kappa shape index (κ2) is 2.88. The third-order valence-corrected chi connectivity index (χ3v) is 2.30. The lowest BCUT2D eigenvalue weighted by molar-refractivity contribution is -0.155. The Bertz CT molecular complexity index is 360. The molecule has 76 valence electrons. The minimum absolute atomic E-state index is 0.248. The average Bonchev–Trinajstić information content (AvgIpc) is 2.45. The first-order chi connectivity index (χ1) is 6.48. The summed E-state index contributed by atoms with van der Waals surface area (Å²) in [5.41, 5.74) is 6.72. The quantitative estimate of drug-likeness (QED) is 0.631. The number of fused-ring (bicyclic) bond motifs is 1. The number of halogens is 3. The van der Waals surface area contributed by atoms with Crippen LogP contribution in [0.2, 0.25) is 0 Å². The highest BCUT2D eigenvalue weighted by Crippen LogP contribution is 2.38. The molecule has 2 rings (SSSR count). The summed E-state index contributed by atoms with van der Waals surface area (Å²) >= 11 is 0. The molecule has 0 spiro atoms. The van der Waals surface area contributed by atoms with E-state index in [2.05, 4.69) is 5.32 Å². The zero-order valence-electron chi connectivity index (χ0n) is 7.23. The van der Waals surface area contributed by atoms with E-state index in [9.17, 15) is 13.2 Å². The van der Waals surface area contributed by atoms with Crippen LogP contribution in [0.5, 0.6) is 0 Å². The molecule has 1 aliphatic heterocycles. The lowest BCUT2D eigenvalue weighted by Crippen LogP contribution is -2.28. The van der Waals surface area contributed by atoms with Crippen molar-refractivity contribution < 1.29 is 13.2 Å². The van der Waals surface area contributed by atoms with Gasteiger partial charge < -0.3 is 5.73 Å². The highest BCUT2D eigenvalue weighted by atomic mass is 19.4. The predicted molar refractivity (Wildman–Crippen MR) is 46.5 cm³/mol. The topological polar surface area (TPSA) is 38.0 Å². The molecule has 14 heavy (non-hydrogen) atoms. The molecule has 0 saturated carbocycles. The summed E-state index contributed by atoms with van der Waals surface area (Å²) in [6, 6.07) is 3.05. The van der Waals surface area contributed by atoms with Crippen molar-refractivity contribution in [1.82, 2.24) is 5.32 Å². The van der Waals surface area contributed by atoms with E-state index in [1.807, 2.05) is 0 Å². The predicted octanol–water partition coefficient (Wildman–Crippen LogP) is 1.98. The van der Waals surface area contributed by atoms with Gasteiger partial charge in [-0.3, -0.25) is 5.32 Å². The van der Waals surface area contributed by atoms with Crippen LogP contribution in [0.4, 0.5) is 18.9 Å². The van der Waals surface area contributed by atoms with Crippen LogP contribution >= 0.6 is 0 Å². The maximum atomic E-state index is 12.5. The molecule has 1 aromatic rings. The van der Waals surface area contributed by atoms with E-state index < -0.39 is 12.2 Å².